The number of amides is 2. The van der Waals surface area contributed by atoms with Gasteiger partial charge in [-0.25, -0.2) is 0 Å². The molecule has 1 spiro atoms. The third kappa shape index (κ3) is 3.54. The van der Waals surface area contributed by atoms with Crippen LogP contribution in [-0.4, -0.2) is 36.1 Å². The Morgan fingerprint density at radius 3 is 2.48 bits per heavy atom. The number of methoxy groups -OCH3 is 1. The topological polar surface area (TPSA) is 49.9 Å². The van der Waals surface area contributed by atoms with Crippen molar-refractivity contribution in [2.45, 2.75) is 56.9 Å². The number of hydrogen-bond donors (Lipinski definition) is 0. The highest BCUT2D eigenvalue weighted by Crippen LogP contribution is 2.56. The predicted molar refractivity (Wildman–Crippen MR) is 133 cm³/mol. The lowest BCUT2D eigenvalue weighted by Gasteiger charge is -2.37. The van der Waals surface area contributed by atoms with Crippen LogP contribution in [-0.2, 0) is 26.4 Å². The van der Waals surface area contributed by atoms with Crippen molar-refractivity contribution in [2.75, 3.05) is 24.3 Å². The average Bonchev–Trinajstić information content (AvgIpc) is 3.29. The highest BCUT2D eigenvalue weighted by atomic mass is 32.2. The zero-order chi connectivity index (χ0) is 23.4. The highest BCUT2D eigenvalue weighted by molar-refractivity contribution is 8.01. The zero-order valence-corrected chi connectivity index (χ0v) is 20.7. The van der Waals surface area contributed by atoms with Gasteiger partial charge in [0, 0.05) is 23.8 Å². The molecule has 1 aliphatic carbocycles. The van der Waals surface area contributed by atoms with Crippen molar-refractivity contribution in [1.82, 2.24) is 4.90 Å². The Hall–Kier alpha value is -2.47. The standard InChI is InChI=1S/C27H32N2O3S/c1-26(2,3)20-10-8-18(9-11-20)17-28-23-13-12-21(32-4)16-22(23)27(25(28)31)29(14-15-33-27)24(30)19-6-5-7-19/h8-13,16,19H,5-7,14-15,17H2,1-4H3. The van der Waals surface area contributed by atoms with Gasteiger partial charge in [-0.1, -0.05) is 51.5 Å². The third-order valence-electron chi connectivity index (χ3n) is 7.28. The summed E-state index contributed by atoms with van der Waals surface area (Å²) >= 11 is 1.59. The molecule has 1 saturated heterocycles. The van der Waals surface area contributed by atoms with Gasteiger partial charge in [-0.2, -0.15) is 0 Å². The fourth-order valence-corrected chi connectivity index (χ4v) is 6.53. The van der Waals surface area contributed by atoms with Crippen molar-refractivity contribution in [3.05, 3.63) is 59.2 Å². The highest BCUT2D eigenvalue weighted by Gasteiger charge is 2.60. The summed E-state index contributed by atoms with van der Waals surface area (Å²) < 4.78 is 5.51. The number of hydrogen-bond acceptors (Lipinski definition) is 4. The molecular weight excluding hydrogens is 432 g/mol. The lowest BCUT2D eigenvalue weighted by Crippen LogP contribution is -2.52. The van der Waals surface area contributed by atoms with Crippen molar-refractivity contribution in [2.24, 2.45) is 5.92 Å². The molecule has 1 atom stereocenters. The van der Waals surface area contributed by atoms with E-state index in [0.29, 0.717) is 18.8 Å². The van der Waals surface area contributed by atoms with E-state index in [9.17, 15) is 9.59 Å². The van der Waals surface area contributed by atoms with E-state index in [1.165, 1.54) is 5.56 Å². The van der Waals surface area contributed by atoms with Crippen molar-refractivity contribution in [3.63, 3.8) is 0 Å². The minimum absolute atomic E-state index is 0.0131. The monoisotopic (exact) mass is 464 g/mol. The lowest BCUT2D eigenvalue weighted by molar-refractivity contribution is -0.145. The van der Waals surface area contributed by atoms with Crippen LogP contribution in [0.25, 0.3) is 0 Å². The van der Waals surface area contributed by atoms with Gasteiger partial charge >= 0.3 is 0 Å². The number of thioether (sulfide) groups is 1. The normalized spacial score (nSPS) is 22.6. The van der Waals surface area contributed by atoms with Crippen molar-refractivity contribution >= 4 is 29.3 Å². The molecule has 0 bridgehead atoms. The van der Waals surface area contributed by atoms with Crippen molar-refractivity contribution in [3.8, 4) is 5.75 Å². The molecule has 0 aromatic heterocycles. The number of ether oxygens (including phenoxy) is 1. The van der Waals surface area contributed by atoms with E-state index >= 15 is 0 Å². The molecule has 0 N–H and O–H groups in total. The summed E-state index contributed by atoms with van der Waals surface area (Å²) in [7, 11) is 1.64. The van der Waals surface area contributed by atoms with Gasteiger partial charge in [0.1, 0.15) is 5.75 Å². The molecule has 5 nitrogen and oxygen atoms in total. The summed E-state index contributed by atoms with van der Waals surface area (Å²) in [6, 6.07) is 14.3. The number of anilines is 1. The number of carbonyl (C=O) groups excluding carboxylic acids is 2. The third-order valence-corrected chi connectivity index (χ3v) is 8.70. The van der Waals surface area contributed by atoms with Gasteiger partial charge in [0.15, 0.2) is 4.87 Å². The minimum atomic E-state index is -0.984. The van der Waals surface area contributed by atoms with Crippen molar-refractivity contribution < 1.29 is 14.3 Å². The van der Waals surface area contributed by atoms with Crippen molar-refractivity contribution in [1.29, 1.82) is 0 Å². The molecule has 2 fully saturated rings. The van der Waals surface area contributed by atoms with Crippen LogP contribution in [0.3, 0.4) is 0 Å². The van der Waals surface area contributed by atoms with Crippen LogP contribution in [0, 0.1) is 5.92 Å². The molecule has 1 unspecified atom stereocenters. The number of fused-ring (bicyclic) bond motifs is 2. The molecule has 33 heavy (non-hydrogen) atoms. The number of nitrogens with zero attached hydrogens (tertiary/aromatic N) is 2. The lowest BCUT2D eigenvalue weighted by atomic mass is 9.84. The molecule has 2 aromatic carbocycles. The van der Waals surface area contributed by atoms with Crippen LogP contribution in [0.15, 0.2) is 42.5 Å². The SMILES string of the molecule is COc1ccc2c(c1)C1(SCCN1C(=O)C1CCC1)C(=O)N2Cc1ccc(C(C)(C)C)cc1. The van der Waals surface area contributed by atoms with E-state index < -0.39 is 4.87 Å². The Morgan fingerprint density at radius 1 is 1.15 bits per heavy atom. The minimum Gasteiger partial charge on any atom is -0.497 e. The Bertz CT molecular complexity index is 1090. The fraction of sp³-hybridized carbons (Fsp3) is 0.481. The fourth-order valence-electron chi connectivity index (χ4n) is 5.07. The Balaban J connectivity index is 1.53. The van der Waals surface area contributed by atoms with Crippen LogP contribution >= 0.6 is 11.8 Å². The second kappa shape index (κ2) is 8.08. The van der Waals surface area contributed by atoms with E-state index in [-0.39, 0.29) is 23.1 Å². The molecule has 2 aromatic rings. The summed E-state index contributed by atoms with van der Waals surface area (Å²) in [6.45, 7) is 7.69. The van der Waals surface area contributed by atoms with Gasteiger partial charge in [-0.15, -0.1) is 11.8 Å². The van der Waals surface area contributed by atoms with E-state index in [0.717, 1.165) is 41.8 Å². The van der Waals surface area contributed by atoms with Gasteiger partial charge < -0.3 is 14.5 Å². The molecule has 2 heterocycles. The molecule has 1 saturated carbocycles. The van der Waals surface area contributed by atoms with E-state index in [2.05, 4.69) is 45.0 Å². The van der Waals surface area contributed by atoms with Crippen LogP contribution in [0.5, 0.6) is 5.75 Å². The second-order valence-electron chi connectivity index (χ2n) is 10.3. The molecule has 3 aliphatic rings. The summed E-state index contributed by atoms with van der Waals surface area (Å²) in [5.41, 5.74) is 4.19. The first-order valence-corrected chi connectivity index (χ1v) is 12.8. The quantitative estimate of drug-likeness (QED) is 0.634. The Morgan fingerprint density at radius 2 is 1.88 bits per heavy atom. The molecule has 2 aliphatic heterocycles. The first-order valence-electron chi connectivity index (χ1n) is 11.8. The zero-order valence-electron chi connectivity index (χ0n) is 19.9. The summed E-state index contributed by atoms with van der Waals surface area (Å²) in [5.74, 6) is 1.64. The van der Waals surface area contributed by atoms with Crippen LogP contribution in [0.1, 0.15) is 56.7 Å². The number of carbonyl (C=O) groups is 2. The summed E-state index contributed by atoms with van der Waals surface area (Å²) in [5, 5.41) is 0. The maximum Gasteiger partial charge on any atom is 0.268 e. The summed E-state index contributed by atoms with van der Waals surface area (Å²) in [6.07, 6.45) is 2.96. The number of benzene rings is 2. The van der Waals surface area contributed by atoms with Crippen LogP contribution in [0.2, 0.25) is 0 Å². The molecule has 174 valence electrons. The van der Waals surface area contributed by atoms with Gasteiger partial charge in [0.05, 0.1) is 19.3 Å². The first kappa shape index (κ1) is 22.3. The van der Waals surface area contributed by atoms with Gasteiger partial charge in [-0.3, -0.25) is 9.59 Å². The molecule has 0 radical (unpaired) electrons. The largest absolute Gasteiger partial charge is 0.497 e. The maximum atomic E-state index is 14.1. The van der Waals surface area contributed by atoms with E-state index in [4.69, 9.17) is 4.74 Å². The van der Waals surface area contributed by atoms with Crippen LogP contribution < -0.4 is 9.64 Å². The van der Waals surface area contributed by atoms with Crippen LogP contribution in [0.4, 0.5) is 5.69 Å². The van der Waals surface area contributed by atoms with E-state index in [1.807, 2.05) is 28.0 Å². The Labute approximate surface area is 200 Å². The summed E-state index contributed by atoms with van der Waals surface area (Å²) in [4.78, 5) is 30.3. The Kier molecular flexibility index (Phi) is 5.47. The van der Waals surface area contributed by atoms with Gasteiger partial charge in [0.25, 0.3) is 5.91 Å². The molecule has 5 rings (SSSR count). The van der Waals surface area contributed by atoms with Gasteiger partial charge in [-0.05, 0) is 47.6 Å². The predicted octanol–water partition coefficient (Wildman–Crippen LogP) is 5.07. The second-order valence-corrected chi connectivity index (χ2v) is 11.6. The van der Waals surface area contributed by atoms with Gasteiger partial charge in [0.2, 0.25) is 5.91 Å². The van der Waals surface area contributed by atoms with E-state index in [1.54, 1.807) is 18.9 Å². The average molecular weight is 465 g/mol. The smallest absolute Gasteiger partial charge is 0.268 e. The molecular formula is C27H32N2O3S. The maximum absolute atomic E-state index is 14.1. The molecule has 2 amide bonds. The molecule has 6 heteroatoms. The first-order chi connectivity index (χ1) is 15.8. The number of rotatable bonds is 4.